The Hall–Kier alpha value is -0.0800. The molecule has 0 saturated carbocycles. The van der Waals surface area contributed by atoms with E-state index in [4.69, 9.17) is 0 Å². The number of rotatable bonds is 5. The summed E-state index contributed by atoms with van der Waals surface area (Å²) < 4.78 is 0. The quantitative estimate of drug-likeness (QED) is 0.739. The van der Waals surface area contributed by atoms with Gasteiger partial charge in [-0.25, -0.2) is 0 Å². The third-order valence-electron chi connectivity index (χ3n) is 3.66. The Morgan fingerprint density at radius 3 is 1.87 bits per heavy atom. The van der Waals surface area contributed by atoms with E-state index < -0.39 is 5.60 Å². The van der Waals surface area contributed by atoms with Gasteiger partial charge in [0, 0.05) is 6.54 Å². The van der Waals surface area contributed by atoms with Crippen LogP contribution in [0.1, 0.15) is 48.5 Å². The first-order valence-electron chi connectivity index (χ1n) is 6.00. The maximum atomic E-state index is 10.0. The van der Waals surface area contributed by atoms with E-state index >= 15 is 0 Å². The van der Waals surface area contributed by atoms with Gasteiger partial charge >= 0.3 is 0 Å². The highest BCUT2D eigenvalue weighted by atomic mass is 16.3. The van der Waals surface area contributed by atoms with Gasteiger partial charge in [-0.3, -0.25) is 0 Å². The van der Waals surface area contributed by atoms with Crippen LogP contribution in [0.25, 0.3) is 0 Å². The van der Waals surface area contributed by atoms with Crippen LogP contribution < -0.4 is 5.32 Å². The average molecular weight is 215 g/mol. The fourth-order valence-electron chi connectivity index (χ4n) is 1.05. The summed E-state index contributed by atoms with van der Waals surface area (Å²) in [6.07, 6.45) is 0. The largest absolute Gasteiger partial charge is 0.389 e. The molecule has 2 atom stereocenters. The smallest absolute Gasteiger partial charge is 0.0766 e. The molecule has 0 aromatic carbocycles. The molecule has 0 aromatic heterocycles. The summed E-state index contributed by atoms with van der Waals surface area (Å²) in [6.45, 7) is 16.6. The van der Waals surface area contributed by atoms with Gasteiger partial charge < -0.3 is 10.4 Å². The number of hydrogen-bond acceptors (Lipinski definition) is 2. The van der Waals surface area contributed by atoms with Gasteiger partial charge in [-0.1, -0.05) is 41.5 Å². The molecule has 0 aromatic rings. The van der Waals surface area contributed by atoms with Crippen LogP contribution in [0, 0.1) is 17.3 Å². The van der Waals surface area contributed by atoms with E-state index in [-0.39, 0.29) is 5.92 Å². The van der Waals surface area contributed by atoms with E-state index in [0.717, 1.165) is 6.54 Å². The van der Waals surface area contributed by atoms with E-state index in [0.29, 0.717) is 17.9 Å². The molecule has 0 heterocycles. The van der Waals surface area contributed by atoms with E-state index in [1.165, 1.54) is 0 Å². The van der Waals surface area contributed by atoms with Crippen molar-refractivity contribution in [1.29, 1.82) is 0 Å². The Labute approximate surface area is 95.5 Å². The summed E-state index contributed by atoms with van der Waals surface area (Å²) in [5.41, 5.74) is -0.270. The molecule has 0 aliphatic carbocycles. The lowest BCUT2D eigenvalue weighted by Crippen LogP contribution is -2.44. The monoisotopic (exact) mass is 215 g/mol. The summed E-state index contributed by atoms with van der Waals surface area (Å²) in [6, 6.07) is 0. The van der Waals surface area contributed by atoms with Gasteiger partial charge in [0.25, 0.3) is 0 Å². The molecule has 0 radical (unpaired) electrons. The van der Waals surface area contributed by atoms with Crippen molar-refractivity contribution in [1.82, 2.24) is 5.32 Å². The second-order valence-electron chi connectivity index (χ2n) is 6.41. The first-order valence-corrected chi connectivity index (χ1v) is 6.00. The second-order valence-corrected chi connectivity index (χ2v) is 6.41. The summed E-state index contributed by atoms with van der Waals surface area (Å²) in [7, 11) is 0. The Kier molecular flexibility index (Phi) is 5.28. The minimum atomic E-state index is -0.600. The zero-order valence-electron chi connectivity index (χ0n) is 11.5. The van der Waals surface area contributed by atoms with E-state index in [9.17, 15) is 5.11 Å². The molecule has 2 unspecified atom stereocenters. The first kappa shape index (κ1) is 14.9. The summed E-state index contributed by atoms with van der Waals surface area (Å²) in [5.74, 6) is 0.899. The molecule has 2 N–H and O–H groups in total. The zero-order chi connectivity index (χ0) is 12.3. The molecule has 15 heavy (non-hydrogen) atoms. The standard InChI is InChI=1S/C13H29NO/c1-10(2)13(7,15)9-14-8-11(3)12(4,5)6/h10-11,14-15H,8-9H2,1-7H3. The van der Waals surface area contributed by atoms with Crippen LogP contribution in [0.3, 0.4) is 0 Å². The topological polar surface area (TPSA) is 32.3 Å². The molecular weight excluding hydrogens is 186 g/mol. The Morgan fingerprint density at radius 1 is 1.07 bits per heavy atom. The molecule has 0 rings (SSSR count). The maximum absolute atomic E-state index is 10.0. The summed E-state index contributed by atoms with van der Waals surface area (Å²) in [5, 5.41) is 13.4. The predicted molar refractivity (Wildman–Crippen MR) is 67.0 cm³/mol. The van der Waals surface area contributed by atoms with Gasteiger partial charge in [0.2, 0.25) is 0 Å². The van der Waals surface area contributed by atoms with Crippen LogP contribution in [-0.4, -0.2) is 23.8 Å². The average Bonchev–Trinajstić information content (AvgIpc) is 2.01. The molecule has 0 aliphatic rings. The van der Waals surface area contributed by atoms with Gasteiger partial charge in [0.15, 0.2) is 0 Å². The highest BCUT2D eigenvalue weighted by Gasteiger charge is 2.25. The van der Waals surface area contributed by atoms with Crippen molar-refractivity contribution in [2.75, 3.05) is 13.1 Å². The van der Waals surface area contributed by atoms with Gasteiger partial charge in [-0.05, 0) is 30.7 Å². The van der Waals surface area contributed by atoms with Crippen LogP contribution >= 0.6 is 0 Å². The van der Waals surface area contributed by atoms with E-state index in [1.807, 2.05) is 6.92 Å². The lowest BCUT2D eigenvalue weighted by molar-refractivity contribution is 0.0126. The number of hydrogen-bond donors (Lipinski definition) is 2. The molecule has 92 valence electrons. The lowest BCUT2D eigenvalue weighted by Gasteiger charge is -2.31. The zero-order valence-corrected chi connectivity index (χ0v) is 11.5. The summed E-state index contributed by atoms with van der Waals surface area (Å²) >= 11 is 0. The summed E-state index contributed by atoms with van der Waals surface area (Å²) in [4.78, 5) is 0. The van der Waals surface area contributed by atoms with Gasteiger partial charge in [0.1, 0.15) is 0 Å². The highest BCUT2D eigenvalue weighted by Crippen LogP contribution is 2.24. The number of aliphatic hydroxyl groups is 1. The van der Waals surface area contributed by atoms with Gasteiger partial charge in [0.05, 0.1) is 5.60 Å². The van der Waals surface area contributed by atoms with Crippen LogP contribution in [0.15, 0.2) is 0 Å². The van der Waals surface area contributed by atoms with Crippen LogP contribution in [0.4, 0.5) is 0 Å². The van der Waals surface area contributed by atoms with E-state index in [1.54, 1.807) is 0 Å². The molecule has 2 heteroatoms. The van der Waals surface area contributed by atoms with Crippen molar-refractivity contribution in [3.05, 3.63) is 0 Å². The minimum absolute atomic E-state index is 0.287. The Bertz CT molecular complexity index is 179. The van der Waals surface area contributed by atoms with Crippen LogP contribution in [0.5, 0.6) is 0 Å². The van der Waals surface area contributed by atoms with Crippen molar-refractivity contribution < 1.29 is 5.11 Å². The minimum Gasteiger partial charge on any atom is -0.389 e. The normalized spacial score (nSPS) is 19.0. The van der Waals surface area contributed by atoms with Crippen molar-refractivity contribution in [3.8, 4) is 0 Å². The van der Waals surface area contributed by atoms with Crippen molar-refractivity contribution in [2.24, 2.45) is 17.3 Å². The predicted octanol–water partition coefficient (Wildman–Crippen LogP) is 2.67. The van der Waals surface area contributed by atoms with Crippen LogP contribution in [-0.2, 0) is 0 Å². The molecule has 2 nitrogen and oxygen atoms in total. The molecule has 0 aliphatic heterocycles. The SMILES string of the molecule is CC(CNCC(C)(O)C(C)C)C(C)(C)C. The fraction of sp³-hybridized carbons (Fsp3) is 1.00. The van der Waals surface area contributed by atoms with Gasteiger partial charge in [-0.2, -0.15) is 0 Å². The van der Waals surface area contributed by atoms with Crippen molar-refractivity contribution in [3.63, 3.8) is 0 Å². The third-order valence-corrected chi connectivity index (χ3v) is 3.66. The van der Waals surface area contributed by atoms with Crippen LogP contribution in [0.2, 0.25) is 0 Å². The highest BCUT2D eigenvalue weighted by molar-refractivity contribution is 4.80. The molecule has 0 saturated heterocycles. The van der Waals surface area contributed by atoms with Crippen molar-refractivity contribution in [2.45, 2.75) is 54.1 Å². The maximum Gasteiger partial charge on any atom is 0.0766 e. The molecule has 0 fully saturated rings. The molecule has 0 spiro atoms. The lowest BCUT2D eigenvalue weighted by atomic mass is 9.82. The third kappa shape index (κ3) is 5.53. The fourth-order valence-corrected chi connectivity index (χ4v) is 1.05. The molecular formula is C13H29NO. The van der Waals surface area contributed by atoms with Crippen molar-refractivity contribution >= 4 is 0 Å². The number of nitrogens with one attached hydrogen (secondary N) is 1. The Morgan fingerprint density at radius 2 is 1.53 bits per heavy atom. The van der Waals surface area contributed by atoms with E-state index in [2.05, 4.69) is 46.9 Å². The van der Waals surface area contributed by atoms with Gasteiger partial charge in [-0.15, -0.1) is 0 Å². The molecule has 0 amide bonds. The first-order chi connectivity index (χ1) is 6.57. The Balaban J connectivity index is 3.90. The molecule has 0 bridgehead atoms. The second kappa shape index (κ2) is 5.31.